The highest BCUT2D eigenvalue weighted by atomic mass is 35.5. The van der Waals surface area contributed by atoms with Crippen LogP contribution in [0.4, 0.5) is 10.5 Å². The van der Waals surface area contributed by atoms with Gasteiger partial charge in [-0.2, -0.15) is 9.29 Å². The third kappa shape index (κ3) is 4.26. The second-order valence-electron chi connectivity index (χ2n) is 7.75. The third-order valence-corrected chi connectivity index (χ3v) is 8.24. The van der Waals surface area contributed by atoms with E-state index < -0.39 is 15.4 Å². The number of hydrogen-bond donors (Lipinski definition) is 1. The quantitative estimate of drug-likeness (QED) is 0.692. The number of carbonyl (C=O) groups excluding carboxylic acids is 1. The predicted molar refractivity (Wildman–Crippen MR) is 117 cm³/mol. The van der Waals surface area contributed by atoms with E-state index in [4.69, 9.17) is 27.7 Å². The van der Waals surface area contributed by atoms with E-state index in [0.29, 0.717) is 40.5 Å². The van der Waals surface area contributed by atoms with Gasteiger partial charge in [-0.05, 0) is 31.9 Å². The average Bonchev–Trinajstić information content (AvgIpc) is 3.40. The molecule has 31 heavy (non-hydrogen) atoms. The topological polar surface area (TPSA) is 109 Å². The van der Waals surface area contributed by atoms with Crippen LogP contribution in [0.3, 0.4) is 0 Å². The van der Waals surface area contributed by atoms with Crippen LogP contribution in [0.2, 0.25) is 10.0 Å². The molecule has 0 atom stereocenters. The SMILES string of the molecule is CCS(=O)(=O)N1CCN(C(=O)Nc2cc(Cl)c(C3(c4noc(C)n4)CC3)c(Cl)c2)CC1. The van der Waals surface area contributed by atoms with Gasteiger partial charge in [0.25, 0.3) is 0 Å². The van der Waals surface area contributed by atoms with E-state index in [-0.39, 0.29) is 24.9 Å². The minimum absolute atomic E-state index is 0.0491. The van der Waals surface area contributed by atoms with Crippen LogP contribution in [-0.2, 0) is 15.4 Å². The van der Waals surface area contributed by atoms with Gasteiger partial charge in [0.2, 0.25) is 15.9 Å². The molecule has 0 bridgehead atoms. The van der Waals surface area contributed by atoms with Gasteiger partial charge in [-0.1, -0.05) is 28.4 Å². The zero-order valence-corrected chi connectivity index (χ0v) is 19.5. The maximum Gasteiger partial charge on any atom is 0.321 e. The molecule has 1 saturated carbocycles. The van der Waals surface area contributed by atoms with Gasteiger partial charge in [-0.3, -0.25) is 0 Å². The van der Waals surface area contributed by atoms with Crippen LogP contribution in [0, 0.1) is 6.92 Å². The van der Waals surface area contributed by atoms with Gasteiger partial charge in [0.15, 0.2) is 5.82 Å². The Morgan fingerprint density at radius 1 is 1.19 bits per heavy atom. The van der Waals surface area contributed by atoms with Crippen molar-refractivity contribution in [2.45, 2.75) is 32.1 Å². The highest BCUT2D eigenvalue weighted by Gasteiger charge is 2.52. The Bertz CT molecular complexity index is 1090. The molecule has 1 N–H and O–H groups in total. The van der Waals surface area contributed by atoms with Crippen LogP contribution >= 0.6 is 23.2 Å². The maximum atomic E-state index is 12.7. The van der Waals surface area contributed by atoms with Crippen LogP contribution in [0.5, 0.6) is 0 Å². The van der Waals surface area contributed by atoms with E-state index in [9.17, 15) is 13.2 Å². The van der Waals surface area contributed by atoms with Gasteiger partial charge in [-0.25, -0.2) is 13.2 Å². The fourth-order valence-electron chi connectivity index (χ4n) is 3.86. The van der Waals surface area contributed by atoms with E-state index >= 15 is 0 Å². The molecule has 1 aromatic carbocycles. The van der Waals surface area contributed by atoms with Gasteiger partial charge in [0.1, 0.15) is 0 Å². The van der Waals surface area contributed by atoms with Crippen molar-refractivity contribution < 1.29 is 17.7 Å². The van der Waals surface area contributed by atoms with Crippen molar-refractivity contribution in [2.75, 3.05) is 37.2 Å². The minimum atomic E-state index is -3.25. The van der Waals surface area contributed by atoms with E-state index in [1.165, 1.54) is 4.31 Å². The van der Waals surface area contributed by atoms with Crippen molar-refractivity contribution in [2.24, 2.45) is 0 Å². The predicted octanol–water partition coefficient (Wildman–Crippen LogP) is 3.26. The lowest BCUT2D eigenvalue weighted by molar-refractivity contribution is 0.184. The number of anilines is 1. The van der Waals surface area contributed by atoms with Crippen LogP contribution in [-0.4, -0.2) is 65.7 Å². The molecule has 4 rings (SSSR count). The molecule has 1 aromatic heterocycles. The summed E-state index contributed by atoms with van der Waals surface area (Å²) in [6.45, 7) is 4.51. The lowest BCUT2D eigenvalue weighted by Crippen LogP contribution is -2.51. The summed E-state index contributed by atoms with van der Waals surface area (Å²) in [6.07, 6.45) is 1.62. The molecule has 0 radical (unpaired) electrons. The molecule has 2 aliphatic rings. The molecule has 12 heteroatoms. The monoisotopic (exact) mass is 487 g/mol. The maximum absolute atomic E-state index is 12.7. The molecule has 2 heterocycles. The van der Waals surface area contributed by atoms with Crippen molar-refractivity contribution >= 4 is 44.9 Å². The van der Waals surface area contributed by atoms with E-state index in [1.807, 2.05) is 0 Å². The van der Waals surface area contributed by atoms with Crippen molar-refractivity contribution in [3.63, 3.8) is 0 Å². The standard InChI is InChI=1S/C19H23Cl2N5O4S/c1-3-31(28,29)26-8-6-25(7-9-26)18(27)23-13-10-14(20)16(15(21)11-13)19(4-5-19)17-22-12(2)30-24-17/h10-11H,3-9H2,1-2H3,(H,23,27). The molecular weight excluding hydrogens is 465 g/mol. The summed E-state index contributed by atoms with van der Waals surface area (Å²) in [6, 6.07) is 2.99. The Morgan fingerprint density at radius 3 is 2.29 bits per heavy atom. The summed E-state index contributed by atoms with van der Waals surface area (Å²) in [5.41, 5.74) is 0.732. The Kier molecular flexibility index (Phi) is 5.93. The molecular formula is C19H23Cl2N5O4S. The molecule has 0 unspecified atom stereocenters. The largest absolute Gasteiger partial charge is 0.340 e. The number of piperazine rings is 1. The highest BCUT2D eigenvalue weighted by Crippen LogP contribution is 2.56. The number of sulfonamides is 1. The van der Waals surface area contributed by atoms with Gasteiger partial charge in [-0.15, -0.1) is 0 Å². The lowest BCUT2D eigenvalue weighted by atomic mass is 9.94. The van der Waals surface area contributed by atoms with Gasteiger partial charge >= 0.3 is 6.03 Å². The van der Waals surface area contributed by atoms with E-state index in [2.05, 4.69) is 15.5 Å². The number of halogens is 2. The van der Waals surface area contributed by atoms with E-state index in [0.717, 1.165) is 18.4 Å². The number of carbonyl (C=O) groups is 1. The van der Waals surface area contributed by atoms with Crippen molar-refractivity contribution in [1.29, 1.82) is 0 Å². The summed E-state index contributed by atoms with van der Waals surface area (Å²) < 4.78 is 30.5. The van der Waals surface area contributed by atoms with Crippen molar-refractivity contribution in [1.82, 2.24) is 19.3 Å². The molecule has 0 spiro atoms. The first-order valence-corrected chi connectivity index (χ1v) is 12.4. The van der Waals surface area contributed by atoms with Gasteiger partial charge in [0.05, 0.1) is 11.2 Å². The zero-order valence-electron chi connectivity index (χ0n) is 17.2. The fourth-order valence-corrected chi connectivity index (χ4v) is 5.79. The Hall–Kier alpha value is -1.88. The molecule has 9 nitrogen and oxygen atoms in total. The van der Waals surface area contributed by atoms with Crippen LogP contribution in [0.15, 0.2) is 16.7 Å². The van der Waals surface area contributed by atoms with Crippen molar-refractivity contribution in [3.05, 3.63) is 39.5 Å². The number of aromatic nitrogens is 2. The van der Waals surface area contributed by atoms with Crippen LogP contribution in [0.1, 0.15) is 37.0 Å². The average molecular weight is 488 g/mol. The summed E-state index contributed by atoms with van der Waals surface area (Å²) >= 11 is 13.1. The molecule has 1 saturated heterocycles. The minimum Gasteiger partial charge on any atom is -0.340 e. The molecule has 2 fully saturated rings. The molecule has 1 aliphatic carbocycles. The molecule has 168 valence electrons. The Balaban J connectivity index is 1.47. The summed E-state index contributed by atoms with van der Waals surface area (Å²) in [5, 5.41) is 7.68. The molecule has 2 amide bonds. The first-order valence-electron chi connectivity index (χ1n) is 10.0. The number of amides is 2. The summed E-state index contributed by atoms with van der Waals surface area (Å²) in [5.74, 6) is 1.09. The fraction of sp³-hybridized carbons (Fsp3) is 0.526. The third-order valence-electron chi connectivity index (χ3n) is 5.76. The number of hydrogen-bond acceptors (Lipinski definition) is 6. The molecule has 2 aromatic rings. The highest BCUT2D eigenvalue weighted by molar-refractivity contribution is 7.89. The number of urea groups is 1. The van der Waals surface area contributed by atoms with Crippen LogP contribution in [0.25, 0.3) is 0 Å². The van der Waals surface area contributed by atoms with Gasteiger partial charge in [0, 0.05) is 54.4 Å². The van der Waals surface area contributed by atoms with Crippen molar-refractivity contribution in [3.8, 4) is 0 Å². The van der Waals surface area contributed by atoms with E-state index in [1.54, 1.807) is 30.9 Å². The second kappa shape index (κ2) is 8.23. The number of aryl methyl sites for hydroxylation is 1. The summed E-state index contributed by atoms with van der Waals surface area (Å²) in [4.78, 5) is 18.6. The Labute approximate surface area is 190 Å². The Morgan fingerprint density at radius 2 is 1.81 bits per heavy atom. The number of nitrogens with one attached hydrogen (secondary N) is 1. The smallest absolute Gasteiger partial charge is 0.321 e. The molecule has 1 aliphatic heterocycles. The van der Waals surface area contributed by atoms with Gasteiger partial charge < -0.3 is 14.7 Å². The number of rotatable bonds is 5. The van der Waals surface area contributed by atoms with Crippen LogP contribution < -0.4 is 5.32 Å². The first-order chi connectivity index (χ1) is 14.7. The normalized spacial score (nSPS) is 18.8. The summed E-state index contributed by atoms with van der Waals surface area (Å²) in [7, 11) is -3.25. The second-order valence-corrected chi connectivity index (χ2v) is 10.8. The number of benzene rings is 1. The lowest BCUT2D eigenvalue weighted by Gasteiger charge is -2.33. The zero-order chi connectivity index (χ0) is 22.4. The first kappa shape index (κ1) is 22.3. The number of nitrogens with zero attached hydrogens (tertiary/aromatic N) is 4.